The van der Waals surface area contributed by atoms with Crippen LogP contribution in [0, 0.1) is 5.92 Å². The topological polar surface area (TPSA) is 102 Å². The van der Waals surface area contributed by atoms with Crippen LogP contribution in [-0.2, 0) is 21.9 Å². The number of carbonyl (C=O) groups excluding carboxylic acids is 1. The molecule has 2 aromatic rings. The minimum Gasteiger partial charge on any atom is -0.408 e. The van der Waals surface area contributed by atoms with Crippen molar-refractivity contribution in [1.29, 1.82) is 0 Å². The fraction of sp³-hybridized carbons (Fsp3) is 0.619. The van der Waals surface area contributed by atoms with Crippen molar-refractivity contribution >= 4 is 27.0 Å². The number of aryl methyl sites for hydroxylation is 1. The van der Waals surface area contributed by atoms with Crippen molar-refractivity contribution in [2.45, 2.75) is 62.3 Å². The third kappa shape index (κ3) is 4.32. The van der Waals surface area contributed by atoms with Gasteiger partial charge >= 0.3 is 5.76 Å². The van der Waals surface area contributed by atoms with Gasteiger partial charge in [-0.15, -0.1) is 0 Å². The van der Waals surface area contributed by atoms with Gasteiger partial charge in [-0.05, 0) is 43.7 Å². The maximum Gasteiger partial charge on any atom is 0.419 e. The molecule has 0 unspecified atom stereocenters. The van der Waals surface area contributed by atoms with Crippen molar-refractivity contribution in [2.24, 2.45) is 13.0 Å². The van der Waals surface area contributed by atoms with E-state index in [0.29, 0.717) is 43.9 Å². The first-order chi connectivity index (χ1) is 14.3. The van der Waals surface area contributed by atoms with Gasteiger partial charge in [-0.25, -0.2) is 13.2 Å². The number of fused-ring (bicyclic) bond motifs is 1. The smallest absolute Gasteiger partial charge is 0.408 e. The summed E-state index contributed by atoms with van der Waals surface area (Å²) in [5.74, 6) is -0.228. The molecule has 4 rings (SSSR count). The lowest BCUT2D eigenvalue weighted by atomic mass is 9.92. The summed E-state index contributed by atoms with van der Waals surface area (Å²) in [5, 5.41) is 3.15. The SMILES string of the molecule is Cn1c(=O)oc2cc(S(=O)(=O)N3CCC(CC(=O)NC4CCCCC4)CC3)ccc21. The molecule has 2 aliphatic rings. The predicted molar refractivity (Wildman–Crippen MR) is 113 cm³/mol. The molecule has 0 radical (unpaired) electrons. The Morgan fingerprint density at radius 2 is 1.83 bits per heavy atom. The minimum atomic E-state index is -3.67. The minimum absolute atomic E-state index is 0.0905. The summed E-state index contributed by atoms with van der Waals surface area (Å²) in [6.45, 7) is 0.779. The molecule has 2 fully saturated rings. The van der Waals surface area contributed by atoms with Gasteiger partial charge in [-0.1, -0.05) is 19.3 Å². The second-order valence-corrected chi connectivity index (χ2v) is 10.4. The number of hydrogen-bond acceptors (Lipinski definition) is 5. The summed E-state index contributed by atoms with van der Waals surface area (Å²) in [6.07, 6.45) is 7.54. The first-order valence-electron chi connectivity index (χ1n) is 10.7. The molecule has 1 aromatic carbocycles. The Kier molecular flexibility index (Phi) is 6.02. The van der Waals surface area contributed by atoms with Gasteiger partial charge in [0.1, 0.15) is 0 Å². The van der Waals surface area contributed by atoms with Crippen molar-refractivity contribution in [3.8, 4) is 0 Å². The number of amides is 1. The van der Waals surface area contributed by atoms with Gasteiger partial charge in [0.15, 0.2) is 5.58 Å². The van der Waals surface area contributed by atoms with Crippen LogP contribution in [0.15, 0.2) is 32.3 Å². The zero-order valence-corrected chi connectivity index (χ0v) is 18.1. The van der Waals surface area contributed by atoms with Crippen molar-refractivity contribution in [3.05, 3.63) is 28.7 Å². The zero-order chi connectivity index (χ0) is 21.3. The lowest BCUT2D eigenvalue weighted by Crippen LogP contribution is -2.41. The monoisotopic (exact) mass is 435 g/mol. The maximum absolute atomic E-state index is 13.0. The number of hydrogen-bond donors (Lipinski definition) is 1. The normalized spacial score (nSPS) is 19.9. The van der Waals surface area contributed by atoms with Gasteiger partial charge in [-0.3, -0.25) is 9.36 Å². The molecule has 2 heterocycles. The second kappa shape index (κ2) is 8.55. The van der Waals surface area contributed by atoms with Crippen LogP contribution in [0.25, 0.3) is 11.1 Å². The van der Waals surface area contributed by atoms with Gasteiger partial charge < -0.3 is 9.73 Å². The Hall–Kier alpha value is -2.13. The van der Waals surface area contributed by atoms with Crippen LogP contribution in [0.1, 0.15) is 51.4 Å². The summed E-state index contributed by atoms with van der Waals surface area (Å²) in [4.78, 5) is 24.1. The molecule has 0 spiro atoms. The third-order valence-electron chi connectivity index (χ3n) is 6.42. The number of rotatable bonds is 5. The highest BCUT2D eigenvalue weighted by atomic mass is 32.2. The molecule has 8 nitrogen and oxygen atoms in total. The van der Waals surface area contributed by atoms with Crippen molar-refractivity contribution in [1.82, 2.24) is 14.2 Å². The molecular formula is C21H29N3O5S. The number of piperidine rings is 1. The van der Waals surface area contributed by atoms with Crippen LogP contribution in [-0.4, -0.2) is 42.3 Å². The van der Waals surface area contributed by atoms with Crippen molar-refractivity contribution in [3.63, 3.8) is 0 Å². The summed E-state index contributed by atoms with van der Waals surface area (Å²) in [6, 6.07) is 4.82. The quantitative estimate of drug-likeness (QED) is 0.777. The van der Waals surface area contributed by atoms with Crippen LogP contribution in [0.4, 0.5) is 0 Å². The summed E-state index contributed by atoms with van der Waals surface area (Å²) in [7, 11) is -2.09. The number of benzene rings is 1. The molecule has 0 bridgehead atoms. The van der Waals surface area contributed by atoms with Crippen LogP contribution in [0.3, 0.4) is 0 Å². The molecule has 164 valence electrons. The largest absolute Gasteiger partial charge is 0.419 e. The fourth-order valence-corrected chi connectivity index (χ4v) is 6.06. The Labute approximate surface area is 176 Å². The highest BCUT2D eigenvalue weighted by Crippen LogP contribution is 2.27. The van der Waals surface area contributed by atoms with Crippen LogP contribution in [0.5, 0.6) is 0 Å². The van der Waals surface area contributed by atoms with E-state index in [-0.39, 0.29) is 22.3 Å². The summed E-state index contributed by atoms with van der Waals surface area (Å²) >= 11 is 0. The standard InChI is InChI=1S/C21H29N3O5S/c1-23-18-8-7-17(14-19(18)29-21(23)26)30(27,28)24-11-9-15(10-12-24)13-20(25)22-16-5-3-2-4-6-16/h7-8,14-16H,2-6,9-13H2,1H3,(H,22,25). The van der Waals surface area contributed by atoms with E-state index < -0.39 is 15.8 Å². The van der Waals surface area contributed by atoms with Crippen LogP contribution < -0.4 is 11.1 Å². The first kappa shape index (κ1) is 21.1. The molecular weight excluding hydrogens is 406 g/mol. The van der Waals surface area contributed by atoms with E-state index in [2.05, 4.69) is 5.32 Å². The zero-order valence-electron chi connectivity index (χ0n) is 17.3. The number of sulfonamides is 1. The Bertz CT molecular complexity index is 1070. The summed E-state index contributed by atoms with van der Waals surface area (Å²) < 4.78 is 34.0. The van der Waals surface area contributed by atoms with Gasteiger partial charge in [0.05, 0.1) is 10.4 Å². The fourth-order valence-electron chi connectivity index (χ4n) is 4.57. The highest BCUT2D eigenvalue weighted by molar-refractivity contribution is 7.89. The number of oxazole rings is 1. The van der Waals surface area contributed by atoms with Crippen LogP contribution >= 0.6 is 0 Å². The molecule has 1 saturated heterocycles. The van der Waals surface area contributed by atoms with Crippen LogP contribution in [0.2, 0.25) is 0 Å². The second-order valence-electron chi connectivity index (χ2n) is 8.51. The van der Waals surface area contributed by atoms with Gasteiger partial charge in [0, 0.05) is 38.7 Å². The molecule has 1 saturated carbocycles. The molecule has 1 aliphatic heterocycles. The molecule has 1 N–H and O–H groups in total. The van der Waals surface area contributed by atoms with E-state index in [9.17, 15) is 18.0 Å². The molecule has 1 aliphatic carbocycles. The van der Waals surface area contributed by atoms with E-state index >= 15 is 0 Å². The molecule has 9 heteroatoms. The average Bonchev–Trinajstić information content (AvgIpc) is 3.02. The maximum atomic E-state index is 13.0. The number of nitrogens with one attached hydrogen (secondary N) is 1. The Balaban J connectivity index is 1.36. The van der Waals surface area contributed by atoms with Crippen molar-refractivity contribution in [2.75, 3.05) is 13.1 Å². The predicted octanol–water partition coefficient (Wildman–Crippen LogP) is 2.37. The van der Waals surface area contributed by atoms with E-state index in [1.54, 1.807) is 13.1 Å². The lowest BCUT2D eigenvalue weighted by molar-refractivity contribution is -0.123. The van der Waals surface area contributed by atoms with E-state index in [1.807, 2.05) is 0 Å². The molecule has 1 aromatic heterocycles. The van der Waals surface area contributed by atoms with Crippen molar-refractivity contribution < 1.29 is 17.6 Å². The summed E-state index contributed by atoms with van der Waals surface area (Å²) in [5.41, 5.74) is 0.819. The number of carbonyl (C=O) groups is 1. The van der Waals surface area contributed by atoms with E-state index in [4.69, 9.17) is 4.42 Å². The Morgan fingerprint density at radius 3 is 2.53 bits per heavy atom. The van der Waals surface area contributed by atoms with E-state index in [1.165, 1.54) is 40.3 Å². The Morgan fingerprint density at radius 1 is 1.13 bits per heavy atom. The molecule has 1 amide bonds. The highest BCUT2D eigenvalue weighted by Gasteiger charge is 2.31. The third-order valence-corrected chi connectivity index (χ3v) is 8.31. The number of aromatic nitrogens is 1. The van der Waals surface area contributed by atoms with Gasteiger partial charge in [-0.2, -0.15) is 4.31 Å². The van der Waals surface area contributed by atoms with Gasteiger partial charge in [0.2, 0.25) is 15.9 Å². The first-order valence-corrected chi connectivity index (χ1v) is 12.2. The molecule has 0 atom stereocenters. The lowest BCUT2D eigenvalue weighted by Gasteiger charge is -2.31. The number of nitrogens with zero attached hydrogens (tertiary/aromatic N) is 2. The molecule has 30 heavy (non-hydrogen) atoms. The van der Waals surface area contributed by atoms with Gasteiger partial charge in [0.25, 0.3) is 0 Å². The average molecular weight is 436 g/mol. The van der Waals surface area contributed by atoms with E-state index in [0.717, 1.165) is 12.8 Å².